The average Bonchev–Trinajstić information content (AvgIpc) is 2.74. The van der Waals surface area contributed by atoms with Crippen LogP contribution in [-0.2, 0) is 14.4 Å². The summed E-state index contributed by atoms with van der Waals surface area (Å²) in [5.74, 6) is -3.07. The summed E-state index contributed by atoms with van der Waals surface area (Å²) in [7, 11) is 0. The smallest absolute Gasteiger partial charge is 0.354 e. The third kappa shape index (κ3) is 2.20. The predicted molar refractivity (Wildman–Crippen MR) is 65.2 cm³/mol. The highest BCUT2D eigenvalue weighted by atomic mass is 19.4. The standard InChI is InChI=1S/C13H11F3N2O3/c14-13(15,16)12(20)21-18-9-4-2-1-3-7(9)8-5-6-17-11(19)10(8)18/h1-4,8,10H,5-6H2,(H,17,19). The SMILES string of the molecule is O=C1NCCC2c3ccccc3N(OC(=O)C(F)(F)F)C12. The van der Waals surface area contributed by atoms with Gasteiger partial charge in [0.2, 0.25) is 5.91 Å². The number of anilines is 1. The third-order valence-electron chi connectivity index (χ3n) is 3.64. The van der Waals surface area contributed by atoms with Crippen molar-refractivity contribution in [1.82, 2.24) is 5.32 Å². The molecule has 21 heavy (non-hydrogen) atoms. The fraction of sp³-hybridized carbons (Fsp3) is 0.385. The summed E-state index contributed by atoms with van der Waals surface area (Å²) in [4.78, 5) is 27.5. The number of piperidine rings is 1. The first kappa shape index (κ1) is 13.7. The zero-order valence-electron chi connectivity index (χ0n) is 10.7. The Morgan fingerprint density at radius 1 is 1.33 bits per heavy atom. The Kier molecular flexibility index (Phi) is 3.03. The minimum atomic E-state index is -5.11. The predicted octanol–water partition coefficient (Wildman–Crippen LogP) is 1.50. The van der Waals surface area contributed by atoms with Crippen molar-refractivity contribution in [2.24, 2.45) is 0 Å². The molecule has 1 amide bonds. The number of hydroxylamine groups is 1. The van der Waals surface area contributed by atoms with E-state index >= 15 is 0 Å². The molecular formula is C13H11F3N2O3. The molecule has 5 nitrogen and oxygen atoms in total. The lowest BCUT2D eigenvalue weighted by Crippen LogP contribution is -2.52. The summed E-state index contributed by atoms with van der Waals surface area (Å²) >= 11 is 0. The van der Waals surface area contributed by atoms with Gasteiger partial charge in [-0.3, -0.25) is 4.79 Å². The van der Waals surface area contributed by atoms with Gasteiger partial charge in [-0.05, 0) is 18.1 Å². The van der Waals surface area contributed by atoms with Crippen LogP contribution in [0.2, 0.25) is 0 Å². The number of amides is 1. The van der Waals surface area contributed by atoms with Gasteiger partial charge in [0, 0.05) is 12.5 Å². The van der Waals surface area contributed by atoms with Crippen molar-refractivity contribution < 1.29 is 27.6 Å². The first-order chi connectivity index (χ1) is 9.89. The fourth-order valence-electron chi connectivity index (χ4n) is 2.79. The molecule has 2 atom stereocenters. The Morgan fingerprint density at radius 3 is 2.76 bits per heavy atom. The van der Waals surface area contributed by atoms with E-state index in [-0.39, 0.29) is 5.92 Å². The maximum absolute atomic E-state index is 12.4. The van der Waals surface area contributed by atoms with Crippen molar-refractivity contribution in [1.29, 1.82) is 0 Å². The molecule has 1 aromatic carbocycles. The highest BCUT2D eigenvalue weighted by molar-refractivity contribution is 5.91. The third-order valence-corrected chi connectivity index (χ3v) is 3.64. The average molecular weight is 300 g/mol. The normalized spacial score (nSPS) is 24.1. The lowest BCUT2D eigenvalue weighted by molar-refractivity contribution is -0.202. The van der Waals surface area contributed by atoms with Crippen LogP contribution in [0, 0.1) is 0 Å². The van der Waals surface area contributed by atoms with E-state index in [9.17, 15) is 22.8 Å². The molecular weight excluding hydrogens is 289 g/mol. The molecule has 0 spiro atoms. The number of hydrogen-bond donors (Lipinski definition) is 1. The summed E-state index contributed by atoms with van der Waals surface area (Å²) in [5, 5.41) is 3.36. The number of rotatable bonds is 1. The van der Waals surface area contributed by atoms with Crippen LogP contribution in [0.5, 0.6) is 0 Å². The molecule has 8 heteroatoms. The number of benzene rings is 1. The van der Waals surface area contributed by atoms with Gasteiger partial charge in [0.05, 0.1) is 5.69 Å². The molecule has 1 fully saturated rings. The summed E-state index contributed by atoms with van der Waals surface area (Å²) < 4.78 is 37.2. The summed E-state index contributed by atoms with van der Waals surface area (Å²) in [6.45, 7) is 0.440. The lowest BCUT2D eigenvalue weighted by atomic mass is 9.89. The van der Waals surface area contributed by atoms with Crippen LogP contribution in [0.25, 0.3) is 0 Å². The van der Waals surface area contributed by atoms with E-state index in [1.165, 1.54) is 6.07 Å². The maximum Gasteiger partial charge on any atom is 0.493 e. The number of halogens is 3. The van der Waals surface area contributed by atoms with Gasteiger partial charge in [-0.15, -0.1) is 0 Å². The van der Waals surface area contributed by atoms with Crippen molar-refractivity contribution >= 4 is 17.6 Å². The Hall–Kier alpha value is -2.25. The second-order valence-corrected chi connectivity index (χ2v) is 4.89. The Bertz CT molecular complexity index is 603. The lowest BCUT2D eigenvalue weighted by Gasteiger charge is -2.30. The number of nitrogens with one attached hydrogen (secondary N) is 1. The van der Waals surface area contributed by atoms with Crippen LogP contribution >= 0.6 is 0 Å². The highest BCUT2D eigenvalue weighted by Gasteiger charge is 2.50. The monoisotopic (exact) mass is 300 g/mol. The molecule has 2 unspecified atom stereocenters. The number of para-hydroxylation sites is 1. The molecule has 0 bridgehead atoms. The van der Waals surface area contributed by atoms with E-state index in [2.05, 4.69) is 10.2 Å². The molecule has 1 aromatic rings. The number of carbonyl (C=O) groups is 2. The molecule has 0 aliphatic carbocycles. The molecule has 0 aromatic heterocycles. The summed E-state index contributed by atoms with van der Waals surface area (Å²) in [5.41, 5.74) is 1.04. The Balaban J connectivity index is 1.97. The summed E-state index contributed by atoms with van der Waals surface area (Å²) in [6, 6.07) is 5.65. The number of hydrogen-bond acceptors (Lipinski definition) is 4. The molecule has 112 valence electrons. The van der Waals surface area contributed by atoms with E-state index in [1.54, 1.807) is 18.2 Å². The van der Waals surface area contributed by atoms with Gasteiger partial charge in [-0.1, -0.05) is 18.2 Å². The minimum absolute atomic E-state index is 0.281. The Morgan fingerprint density at radius 2 is 2.05 bits per heavy atom. The minimum Gasteiger partial charge on any atom is -0.354 e. The zero-order chi connectivity index (χ0) is 15.2. The fourth-order valence-corrected chi connectivity index (χ4v) is 2.79. The van der Waals surface area contributed by atoms with Gasteiger partial charge in [0.1, 0.15) is 0 Å². The van der Waals surface area contributed by atoms with Crippen LogP contribution in [0.4, 0.5) is 18.9 Å². The number of alkyl halides is 3. The largest absolute Gasteiger partial charge is 0.493 e. The number of carbonyl (C=O) groups excluding carboxylic acids is 2. The topological polar surface area (TPSA) is 58.6 Å². The van der Waals surface area contributed by atoms with Gasteiger partial charge in [-0.2, -0.15) is 18.2 Å². The molecule has 1 saturated heterocycles. The number of fused-ring (bicyclic) bond motifs is 3. The van der Waals surface area contributed by atoms with Crippen molar-refractivity contribution in [2.75, 3.05) is 11.6 Å². The van der Waals surface area contributed by atoms with Gasteiger partial charge < -0.3 is 10.2 Å². The van der Waals surface area contributed by atoms with Crippen molar-refractivity contribution in [3.8, 4) is 0 Å². The van der Waals surface area contributed by atoms with E-state index in [0.717, 1.165) is 5.06 Å². The molecule has 2 heterocycles. The first-order valence-electron chi connectivity index (χ1n) is 6.34. The van der Waals surface area contributed by atoms with E-state index in [1.807, 2.05) is 0 Å². The van der Waals surface area contributed by atoms with Gasteiger partial charge in [0.15, 0.2) is 6.04 Å². The van der Waals surface area contributed by atoms with Crippen LogP contribution in [0.1, 0.15) is 17.9 Å². The summed E-state index contributed by atoms with van der Waals surface area (Å²) in [6.07, 6.45) is -4.54. The van der Waals surface area contributed by atoms with Crippen LogP contribution in [0.15, 0.2) is 24.3 Å². The maximum atomic E-state index is 12.4. The molecule has 1 N–H and O–H groups in total. The zero-order valence-corrected chi connectivity index (χ0v) is 10.7. The molecule has 0 saturated carbocycles. The first-order valence-corrected chi connectivity index (χ1v) is 6.34. The molecule has 0 radical (unpaired) electrons. The van der Waals surface area contributed by atoms with Gasteiger partial charge in [0.25, 0.3) is 0 Å². The quantitative estimate of drug-likeness (QED) is 0.854. The van der Waals surface area contributed by atoms with Crippen molar-refractivity contribution in [3.05, 3.63) is 29.8 Å². The van der Waals surface area contributed by atoms with Crippen LogP contribution in [0.3, 0.4) is 0 Å². The van der Waals surface area contributed by atoms with Gasteiger partial charge >= 0.3 is 12.1 Å². The van der Waals surface area contributed by atoms with E-state index < -0.39 is 24.1 Å². The highest BCUT2D eigenvalue weighted by Crippen LogP contribution is 2.44. The molecule has 2 aliphatic rings. The second-order valence-electron chi connectivity index (χ2n) is 4.89. The Labute approximate surface area is 117 Å². The van der Waals surface area contributed by atoms with Crippen LogP contribution < -0.4 is 10.4 Å². The molecule has 3 rings (SSSR count). The van der Waals surface area contributed by atoms with Crippen molar-refractivity contribution in [2.45, 2.75) is 24.6 Å². The van der Waals surface area contributed by atoms with E-state index in [4.69, 9.17) is 0 Å². The van der Waals surface area contributed by atoms with E-state index in [0.29, 0.717) is 24.2 Å². The van der Waals surface area contributed by atoms with Crippen LogP contribution in [-0.4, -0.2) is 30.6 Å². The van der Waals surface area contributed by atoms with Crippen molar-refractivity contribution in [3.63, 3.8) is 0 Å². The number of nitrogens with zero attached hydrogens (tertiary/aromatic N) is 1. The second kappa shape index (κ2) is 4.64. The van der Waals surface area contributed by atoms with Gasteiger partial charge in [-0.25, -0.2) is 4.79 Å². The molecule has 2 aliphatic heterocycles.